The van der Waals surface area contributed by atoms with Gasteiger partial charge in [-0.3, -0.25) is 4.79 Å². The first kappa shape index (κ1) is 14.5. The molecule has 0 heterocycles. The molecule has 0 aliphatic heterocycles. The lowest BCUT2D eigenvalue weighted by Gasteiger charge is -2.04. The van der Waals surface area contributed by atoms with Crippen molar-refractivity contribution in [3.8, 4) is 0 Å². The summed E-state index contributed by atoms with van der Waals surface area (Å²) < 4.78 is 28.2. The van der Waals surface area contributed by atoms with Gasteiger partial charge in [-0.1, -0.05) is 0 Å². The quantitative estimate of drug-likeness (QED) is 0.788. The van der Waals surface area contributed by atoms with Gasteiger partial charge in [0.15, 0.2) is 0 Å². The highest BCUT2D eigenvalue weighted by Gasteiger charge is 2.07. The number of carbonyl (C=O) groups excluding carboxylic acids is 1. The Hall–Kier alpha value is -1.49. The van der Waals surface area contributed by atoms with Crippen LogP contribution in [-0.2, 0) is 9.53 Å². The predicted octanol–water partition coefficient (Wildman–Crippen LogP) is 1.73. The molecule has 0 unspecified atom stereocenters. The molecule has 0 aliphatic rings. The van der Waals surface area contributed by atoms with Gasteiger partial charge in [-0.15, -0.1) is 0 Å². The summed E-state index contributed by atoms with van der Waals surface area (Å²) in [6, 6.07) is 4.12. The molecule has 0 amide bonds. The van der Waals surface area contributed by atoms with E-state index in [0.29, 0.717) is 0 Å². The number of halogens is 2. The van der Waals surface area contributed by atoms with Gasteiger partial charge in [0.25, 0.3) is 0 Å². The molecule has 16 heavy (non-hydrogen) atoms. The monoisotopic (exact) mass is 231 g/mol. The molecular formula is C11H15F2NO2. The van der Waals surface area contributed by atoms with Crippen molar-refractivity contribution in [2.75, 3.05) is 14.2 Å². The molecule has 0 aromatic heterocycles. The Balaban J connectivity index is 0.000000281. The standard InChI is InChI=1S/C6H4F2.C5H11NO2/c7-5-1-2-6(8)4-3-5;1-4(6-2)5(7)8-3/h1-4H;4,6H,1-3H3/t;4-/m.1/s1. The van der Waals surface area contributed by atoms with E-state index in [9.17, 15) is 13.6 Å². The molecule has 1 aromatic rings. The number of benzene rings is 1. The van der Waals surface area contributed by atoms with Crippen molar-refractivity contribution in [2.45, 2.75) is 13.0 Å². The molecule has 1 N–H and O–H groups in total. The summed E-state index contributed by atoms with van der Waals surface area (Å²) in [6.07, 6.45) is 0. The smallest absolute Gasteiger partial charge is 0.322 e. The van der Waals surface area contributed by atoms with Crippen molar-refractivity contribution >= 4 is 5.97 Å². The van der Waals surface area contributed by atoms with Crippen LogP contribution in [0, 0.1) is 11.6 Å². The van der Waals surface area contributed by atoms with Gasteiger partial charge >= 0.3 is 5.97 Å². The zero-order valence-electron chi connectivity index (χ0n) is 9.46. The fraction of sp³-hybridized carbons (Fsp3) is 0.364. The van der Waals surface area contributed by atoms with Crippen LogP contribution in [0.4, 0.5) is 8.78 Å². The number of rotatable bonds is 2. The van der Waals surface area contributed by atoms with Gasteiger partial charge in [0, 0.05) is 0 Å². The second-order valence-corrected chi connectivity index (χ2v) is 2.97. The first-order valence-corrected chi connectivity index (χ1v) is 4.67. The number of esters is 1. The van der Waals surface area contributed by atoms with E-state index in [1.165, 1.54) is 7.11 Å². The minimum absolute atomic E-state index is 0.194. The van der Waals surface area contributed by atoms with Gasteiger partial charge < -0.3 is 10.1 Å². The zero-order valence-corrected chi connectivity index (χ0v) is 9.46. The molecule has 5 heteroatoms. The van der Waals surface area contributed by atoms with Crippen LogP contribution in [0.5, 0.6) is 0 Å². The van der Waals surface area contributed by atoms with Crippen LogP contribution >= 0.6 is 0 Å². The van der Waals surface area contributed by atoms with E-state index in [0.717, 1.165) is 24.3 Å². The summed E-state index contributed by atoms with van der Waals surface area (Å²) in [5.41, 5.74) is 0. The van der Waals surface area contributed by atoms with Gasteiger partial charge in [0.05, 0.1) is 7.11 Å². The maximum absolute atomic E-state index is 11.9. The molecule has 0 saturated carbocycles. The molecular weight excluding hydrogens is 216 g/mol. The van der Waals surface area contributed by atoms with E-state index in [1.54, 1.807) is 14.0 Å². The molecule has 1 atom stereocenters. The number of likely N-dealkylation sites (N-methyl/N-ethyl adjacent to an activating group) is 1. The molecule has 3 nitrogen and oxygen atoms in total. The second-order valence-electron chi connectivity index (χ2n) is 2.97. The van der Waals surface area contributed by atoms with Crippen molar-refractivity contribution in [2.24, 2.45) is 0 Å². The lowest BCUT2D eigenvalue weighted by molar-refractivity contribution is -0.142. The third-order valence-corrected chi connectivity index (χ3v) is 1.79. The van der Waals surface area contributed by atoms with Gasteiger partial charge in [0.2, 0.25) is 0 Å². The highest BCUT2D eigenvalue weighted by Crippen LogP contribution is 1.98. The number of methoxy groups -OCH3 is 1. The number of ether oxygens (including phenoxy) is 1. The lowest BCUT2D eigenvalue weighted by atomic mass is 10.3. The van der Waals surface area contributed by atoms with Crippen LogP contribution in [-0.4, -0.2) is 26.2 Å². The van der Waals surface area contributed by atoms with E-state index < -0.39 is 11.6 Å². The normalized spacial score (nSPS) is 11.1. The number of carbonyl (C=O) groups is 1. The SMILES string of the molecule is CN[C@H](C)C(=O)OC.Fc1ccc(F)cc1. The van der Waals surface area contributed by atoms with Crippen LogP contribution < -0.4 is 5.32 Å². The van der Waals surface area contributed by atoms with Crippen LogP contribution in [0.1, 0.15) is 6.92 Å². The zero-order chi connectivity index (χ0) is 12.6. The summed E-state index contributed by atoms with van der Waals surface area (Å²) >= 11 is 0. The second kappa shape index (κ2) is 7.76. The predicted molar refractivity (Wildman–Crippen MR) is 56.9 cm³/mol. The molecule has 0 saturated heterocycles. The largest absolute Gasteiger partial charge is 0.468 e. The maximum Gasteiger partial charge on any atom is 0.322 e. The van der Waals surface area contributed by atoms with Gasteiger partial charge in [0.1, 0.15) is 17.7 Å². The fourth-order valence-electron chi connectivity index (χ4n) is 0.724. The highest BCUT2D eigenvalue weighted by atomic mass is 19.1. The molecule has 0 bridgehead atoms. The third kappa shape index (κ3) is 6.08. The van der Waals surface area contributed by atoms with Gasteiger partial charge in [-0.25, -0.2) is 8.78 Å². The highest BCUT2D eigenvalue weighted by molar-refractivity contribution is 5.74. The topological polar surface area (TPSA) is 38.3 Å². The minimum Gasteiger partial charge on any atom is -0.468 e. The van der Waals surface area contributed by atoms with E-state index in [1.807, 2.05) is 0 Å². The first-order chi connectivity index (χ1) is 7.51. The molecule has 90 valence electrons. The van der Waals surface area contributed by atoms with Gasteiger partial charge in [-0.2, -0.15) is 0 Å². The van der Waals surface area contributed by atoms with E-state index in [-0.39, 0.29) is 12.0 Å². The third-order valence-electron chi connectivity index (χ3n) is 1.79. The van der Waals surface area contributed by atoms with E-state index >= 15 is 0 Å². The Morgan fingerprint density at radius 2 is 1.62 bits per heavy atom. The molecule has 0 fully saturated rings. The Morgan fingerprint density at radius 1 is 1.25 bits per heavy atom. The van der Waals surface area contributed by atoms with Crippen molar-refractivity contribution in [3.63, 3.8) is 0 Å². The van der Waals surface area contributed by atoms with Crippen LogP contribution in [0.3, 0.4) is 0 Å². The van der Waals surface area contributed by atoms with E-state index in [4.69, 9.17) is 0 Å². The fourth-order valence-corrected chi connectivity index (χ4v) is 0.724. The number of hydrogen-bond donors (Lipinski definition) is 1. The molecule has 0 radical (unpaired) electrons. The molecule has 0 aliphatic carbocycles. The summed E-state index contributed by atoms with van der Waals surface area (Å²) in [6.45, 7) is 1.74. The Labute approximate surface area is 93.4 Å². The van der Waals surface area contributed by atoms with Crippen molar-refractivity contribution < 1.29 is 18.3 Å². The average molecular weight is 231 g/mol. The lowest BCUT2D eigenvalue weighted by Crippen LogP contribution is -2.31. The number of hydrogen-bond acceptors (Lipinski definition) is 3. The van der Waals surface area contributed by atoms with Crippen LogP contribution in [0.15, 0.2) is 24.3 Å². The van der Waals surface area contributed by atoms with Crippen molar-refractivity contribution in [3.05, 3.63) is 35.9 Å². The van der Waals surface area contributed by atoms with E-state index in [2.05, 4.69) is 10.1 Å². The van der Waals surface area contributed by atoms with Crippen LogP contribution in [0.25, 0.3) is 0 Å². The summed E-state index contributed by atoms with van der Waals surface area (Å²) in [5.74, 6) is -1.05. The van der Waals surface area contributed by atoms with Crippen LogP contribution in [0.2, 0.25) is 0 Å². The van der Waals surface area contributed by atoms with Crippen molar-refractivity contribution in [1.29, 1.82) is 0 Å². The molecule has 1 rings (SSSR count). The minimum atomic E-state index is -0.411. The average Bonchev–Trinajstić information content (AvgIpc) is 2.31. The summed E-state index contributed by atoms with van der Waals surface area (Å²) in [5, 5.41) is 2.74. The maximum atomic E-state index is 11.9. The Kier molecular flexibility index (Phi) is 7.03. The Morgan fingerprint density at radius 3 is 1.81 bits per heavy atom. The first-order valence-electron chi connectivity index (χ1n) is 4.67. The molecule has 0 spiro atoms. The van der Waals surface area contributed by atoms with Crippen molar-refractivity contribution in [1.82, 2.24) is 5.32 Å². The Bertz CT molecular complexity index is 293. The summed E-state index contributed by atoms with van der Waals surface area (Å²) in [4.78, 5) is 10.5. The summed E-state index contributed by atoms with van der Waals surface area (Å²) in [7, 11) is 3.08. The van der Waals surface area contributed by atoms with Gasteiger partial charge in [-0.05, 0) is 38.2 Å². The number of nitrogens with one attached hydrogen (secondary N) is 1. The molecule has 1 aromatic carbocycles.